The first kappa shape index (κ1) is 11.9. The van der Waals surface area contributed by atoms with Crippen LogP contribution in [0.25, 0.3) is 5.57 Å². The summed E-state index contributed by atoms with van der Waals surface area (Å²) in [5, 5.41) is 2.25. The molecule has 19 heavy (non-hydrogen) atoms. The van der Waals surface area contributed by atoms with E-state index in [0.29, 0.717) is 6.04 Å². The topological polar surface area (TPSA) is 16.6 Å². The second-order valence-electron chi connectivity index (χ2n) is 4.98. The van der Waals surface area contributed by atoms with Crippen LogP contribution >= 0.6 is 0 Å². The van der Waals surface area contributed by atoms with Crippen LogP contribution in [0.1, 0.15) is 22.7 Å². The highest BCUT2D eigenvalue weighted by molar-refractivity contribution is 5.74. The lowest BCUT2D eigenvalue weighted by Gasteiger charge is -2.16. The van der Waals surface area contributed by atoms with Crippen molar-refractivity contribution in [3.8, 4) is 0 Å². The predicted octanol–water partition coefficient (Wildman–Crippen LogP) is 3.21. The molecule has 2 aromatic rings. The molecule has 0 aliphatic carbocycles. The molecule has 0 amide bonds. The van der Waals surface area contributed by atoms with E-state index < -0.39 is 0 Å². The zero-order chi connectivity index (χ0) is 13.1. The van der Waals surface area contributed by atoms with Gasteiger partial charge in [-0.15, -0.1) is 0 Å². The highest BCUT2D eigenvalue weighted by Gasteiger charge is 2.15. The third kappa shape index (κ3) is 2.67. The number of hydrogen-bond acceptors (Lipinski definition) is 0. The molecule has 1 atom stereocenters. The van der Waals surface area contributed by atoms with Crippen molar-refractivity contribution in [1.82, 2.24) is 0 Å². The van der Waals surface area contributed by atoms with E-state index >= 15 is 0 Å². The van der Waals surface area contributed by atoms with Gasteiger partial charge in [-0.05, 0) is 36.3 Å². The van der Waals surface area contributed by atoms with Crippen molar-refractivity contribution in [2.24, 2.45) is 0 Å². The van der Waals surface area contributed by atoms with E-state index in [1.165, 1.54) is 22.3 Å². The van der Waals surface area contributed by atoms with Gasteiger partial charge < -0.3 is 5.32 Å². The van der Waals surface area contributed by atoms with Gasteiger partial charge in [-0.25, -0.2) is 0 Å². The number of quaternary nitrogens is 1. The summed E-state index contributed by atoms with van der Waals surface area (Å²) in [4.78, 5) is 0. The van der Waals surface area contributed by atoms with Crippen LogP contribution in [0, 0.1) is 6.92 Å². The molecule has 1 heteroatoms. The summed E-state index contributed by atoms with van der Waals surface area (Å²) in [6.45, 7) is 2.14. The molecule has 1 aliphatic heterocycles. The minimum absolute atomic E-state index is 0.375. The normalized spacial score (nSPS) is 18.2. The van der Waals surface area contributed by atoms with Gasteiger partial charge in [0.1, 0.15) is 6.04 Å². The highest BCUT2D eigenvalue weighted by Crippen LogP contribution is 2.22. The maximum atomic E-state index is 2.34. The zero-order valence-corrected chi connectivity index (χ0v) is 11.1. The summed E-state index contributed by atoms with van der Waals surface area (Å²) in [5.74, 6) is 0. The van der Waals surface area contributed by atoms with E-state index in [1.54, 1.807) is 0 Å². The average Bonchev–Trinajstić information content (AvgIpc) is 2.48. The highest BCUT2D eigenvalue weighted by atomic mass is 14.9. The lowest BCUT2D eigenvalue weighted by molar-refractivity contribution is -0.622. The van der Waals surface area contributed by atoms with Crippen LogP contribution in [-0.4, -0.2) is 0 Å². The molecule has 3 rings (SSSR count). The van der Waals surface area contributed by atoms with Crippen molar-refractivity contribution in [2.75, 3.05) is 0 Å². The van der Waals surface area contributed by atoms with E-state index in [1.807, 2.05) is 0 Å². The number of allylic oxidation sites excluding steroid dienone is 2. The number of nitrogens with two attached hydrogens (primary N) is 1. The summed E-state index contributed by atoms with van der Waals surface area (Å²) in [6.07, 6.45) is 6.68. The summed E-state index contributed by atoms with van der Waals surface area (Å²) in [7, 11) is 0. The Bertz CT molecular complexity index is 623. The molecule has 94 valence electrons. The predicted molar refractivity (Wildman–Crippen MR) is 79.4 cm³/mol. The third-order valence-corrected chi connectivity index (χ3v) is 3.49. The fourth-order valence-electron chi connectivity index (χ4n) is 2.49. The Labute approximate surface area is 114 Å². The Morgan fingerprint density at radius 1 is 0.947 bits per heavy atom. The molecule has 1 heterocycles. The second-order valence-corrected chi connectivity index (χ2v) is 4.98. The van der Waals surface area contributed by atoms with Crippen molar-refractivity contribution < 1.29 is 5.32 Å². The van der Waals surface area contributed by atoms with E-state index in [2.05, 4.69) is 85.2 Å². The van der Waals surface area contributed by atoms with Gasteiger partial charge >= 0.3 is 0 Å². The smallest absolute Gasteiger partial charge is 0.135 e. The lowest BCUT2D eigenvalue weighted by Crippen LogP contribution is -2.79. The van der Waals surface area contributed by atoms with Crippen LogP contribution in [0.3, 0.4) is 0 Å². The third-order valence-electron chi connectivity index (χ3n) is 3.49. The molecule has 0 saturated heterocycles. The van der Waals surface area contributed by atoms with Gasteiger partial charge in [0.2, 0.25) is 0 Å². The SMILES string of the molecule is Cc1cccc(C2C=C(c3ccccc3)C=C[NH2+]2)c1. The summed E-state index contributed by atoms with van der Waals surface area (Å²) < 4.78 is 0. The molecule has 2 N–H and O–H groups in total. The van der Waals surface area contributed by atoms with Gasteiger partial charge in [0, 0.05) is 5.56 Å². The van der Waals surface area contributed by atoms with Crippen molar-refractivity contribution in [1.29, 1.82) is 0 Å². The molecule has 0 aromatic heterocycles. The zero-order valence-electron chi connectivity index (χ0n) is 11.1. The molecule has 0 spiro atoms. The fourth-order valence-corrected chi connectivity index (χ4v) is 2.49. The molecule has 0 fully saturated rings. The molecular weight excluding hydrogens is 230 g/mol. The van der Waals surface area contributed by atoms with Crippen molar-refractivity contribution >= 4 is 5.57 Å². The Hall–Kier alpha value is -2.12. The Kier molecular flexibility index (Phi) is 3.30. The van der Waals surface area contributed by atoms with Crippen LogP contribution in [0.5, 0.6) is 0 Å². The van der Waals surface area contributed by atoms with Gasteiger partial charge in [-0.2, -0.15) is 0 Å². The molecule has 2 aromatic carbocycles. The number of aryl methyl sites for hydroxylation is 1. The Balaban J connectivity index is 1.94. The first-order valence-corrected chi connectivity index (χ1v) is 6.68. The Morgan fingerprint density at radius 3 is 2.58 bits per heavy atom. The monoisotopic (exact) mass is 248 g/mol. The molecule has 1 unspecified atom stereocenters. The first-order valence-electron chi connectivity index (χ1n) is 6.68. The van der Waals surface area contributed by atoms with Gasteiger partial charge in [0.05, 0.1) is 6.20 Å². The maximum absolute atomic E-state index is 2.34. The van der Waals surface area contributed by atoms with Gasteiger partial charge in [-0.3, -0.25) is 0 Å². The summed E-state index contributed by atoms with van der Waals surface area (Å²) in [6, 6.07) is 19.7. The molecule has 1 nitrogen and oxygen atoms in total. The van der Waals surface area contributed by atoms with E-state index in [0.717, 1.165) is 0 Å². The fraction of sp³-hybridized carbons (Fsp3) is 0.111. The van der Waals surface area contributed by atoms with Gasteiger partial charge in [0.15, 0.2) is 0 Å². The average molecular weight is 248 g/mol. The van der Waals surface area contributed by atoms with Crippen LogP contribution < -0.4 is 5.32 Å². The number of hydrogen-bond donors (Lipinski definition) is 1. The minimum Gasteiger partial charge on any atom is -0.311 e. The lowest BCUT2D eigenvalue weighted by atomic mass is 9.96. The number of benzene rings is 2. The summed E-state index contributed by atoms with van der Waals surface area (Å²) >= 11 is 0. The standard InChI is InChI=1S/C18H17N/c1-14-6-5-9-17(12-14)18-13-16(10-11-19-18)15-7-3-2-4-8-15/h2-13,18-19H,1H3/p+1. The summed E-state index contributed by atoms with van der Waals surface area (Å²) in [5.41, 5.74) is 5.26. The van der Waals surface area contributed by atoms with E-state index in [-0.39, 0.29) is 0 Å². The molecule has 1 aliphatic rings. The van der Waals surface area contributed by atoms with E-state index in [4.69, 9.17) is 0 Å². The molecular formula is C18H18N+. The van der Waals surface area contributed by atoms with Gasteiger partial charge in [0.25, 0.3) is 0 Å². The number of rotatable bonds is 2. The molecule has 0 saturated carbocycles. The van der Waals surface area contributed by atoms with Crippen LogP contribution in [0.4, 0.5) is 0 Å². The van der Waals surface area contributed by atoms with Crippen LogP contribution in [-0.2, 0) is 0 Å². The van der Waals surface area contributed by atoms with Crippen molar-refractivity contribution in [2.45, 2.75) is 13.0 Å². The maximum Gasteiger partial charge on any atom is 0.135 e. The largest absolute Gasteiger partial charge is 0.311 e. The van der Waals surface area contributed by atoms with Crippen molar-refractivity contribution in [3.63, 3.8) is 0 Å². The quantitative estimate of drug-likeness (QED) is 0.840. The van der Waals surface area contributed by atoms with Crippen molar-refractivity contribution in [3.05, 3.63) is 89.6 Å². The molecule has 0 bridgehead atoms. The first-order chi connectivity index (χ1) is 9.33. The van der Waals surface area contributed by atoms with E-state index in [9.17, 15) is 0 Å². The van der Waals surface area contributed by atoms with Crippen LogP contribution in [0.15, 0.2) is 72.9 Å². The second kappa shape index (κ2) is 5.25. The van der Waals surface area contributed by atoms with Gasteiger partial charge in [-0.1, -0.05) is 54.1 Å². The van der Waals surface area contributed by atoms with Crippen LogP contribution in [0.2, 0.25) is 0 Å². The molecule has 0 radical (unpaired) electrons. The Morgan fingerprint density at radius 2 is 1.79 bits per heavy atom. The minimum atomic E-state index is 0.375.